The van der Waals surface area contributed by atoms with E-state index in [1.165, 1.54) is 5.69 Å². The Hall–Kier alpha value is -2.32. The van der Waals surface area contributed by atoms with E-state index in [4.69, 9.17) is 11.6 Å². The molecule has 0 aliphatic carbocycles. The van der Waals surface area contributed by atoms with Crippen molar-refractivity contribution in [1.29, 1.82) is 0 Å². The first-order valence-corrected chi connectivity index (χ1v) is 7.57. The number of rotatable bonds is 3. The highest BCUT2D eigenvalue weighted by Gasteiger charge is 2.05. The SMILES string of the molecule is Cc1ccc(Cl)cc1N=Cc1ccc(C)n1-c1ccccc1. The minimum atomic E-state index is 0.701. The first-order valence-electron chi connectivity index (χ1n) is 7.19. The summed E-state index contributed by atoms with van der Waals surface area (Å²) < 4.78 is 2.18. The van der Waals surface area contributed by atoms with Gasteiger partial charge >= 0.3 is 0 Å². The second kappa shape index (κ2) is 6.20. The summed E-state index contributed by atoms with van der Waals surface area (Å²) in [5.74, 6) is 0. The number of para-hydroxylation sites is 1. The van der Waals surface area contributed by atoms with Crippen molar-refractivity contribution in [3.8, 4) is 5.69 Å². The average Bonchev–Trinajstić information content (AvgIpc) is 2.90. The van der Waals surface area contributed by atoms with Crippen molar-refractivity contribution < 1.29 is 0 Å². The molecule has 0 spiro atoms. The third kappa shape index (κ3) is 2.97. The maximum absolute atomic E-state index is 6.05. The van der Waals surface area contributed by atoms with Crippen molar-refractivity contribution in [3.05, 3.63) is 82.6 Å². The Balaban J connectivity index is 2.00. The van der Waals surface area contributed by atoms with E-state index in [0.29, 0.717) is 5.02 Å². The summed E-state index contributed by atoms with van der Waals surface area (Å²) in [6, 6.07) is 20.2. The van der Waals surface area contributed by atoms with Crippen molar-refractivity contribution in [2.24, 2.45) is 4.99 Å². The lowest BCUT2D eigenvalue weighted by molar-refractivity contribution is 1.01. The molecule has 3 aromatic rings. The van der Waals surface area contributed by atoms with Gasteiger partial charge in [-0.05, 0) is 55.8 Å². The molecule has 0 saturated carbocycles. The summed E-state index contributed by atoms with van der Waals surface area (Å²) in [6.07, 6.45) is 1.89. The average molecular weight is 309 g/mol. The highest BCUT2D eigenvalue weighted by molar-refractivity contribution is 6.30. The topological polar surface area (TPSA) is 17.3 Å². The van der Waals surface area contributed by atoms with E-state index in [1.54, 1.807) is 0 Å². The van der Waals surface area contributed by atoms with Crippen molar-refractivity contribution in [1.82, 2.24) is 4.57 Å². The Kier molecular flexibility index (Phi) is 4.12. The smallest absolute Gasteiger partial charge is 0.0674 e. The molecule has 0 aliphatic heterocycles. The van der Waals surface area contributed by atoms with Gasteiger partial charge in [-0.1, -0.05) is 35.9 Å². The van der Waals surface area contributed by atoms with Crippen LogP contribution in [0.1, 0.15) is 17.0 Å². The summed E-state index contributed by atoms with van der Waals surface area (Å²) in [5.41, 5.74) is 5.36. The van der Waals surface area contributed by atoms with E-state index in [1.807, 2.05) is 49.5 Å². The first-order chi connectivity index (χ1) is 10.6. The highest BCUT2D eigenvalue weighted by Crippen LogP contribution is 2.23. The van der Waals surface area contributed by atoms with Crippen LogP contribution >= 0.6 is 11.6 Å². The lowest BCUT2D eigenvalue weighted by atomic mass is 10.2. The van der Waals surface area contributed by atoms with E-state index < -0.39 is 0 Å². The molecule has 110 valence electrons. The zero-order valence-electron chi connectivity index (χ0n) is 12.6. The Labute approximate surface area is 135 Å². The number of benzene rings is 2. The minimum absolute atomic E-state index is 0.701. The van der Waals surface area contributed by atoms with Crippen LogP contribution in [0.15, 0.2) is 65.7 Å². The van der Waals surface area contributed by atoms with Gasteiger partial charge in [-0.25, -0.2) is 0 Å². The van der Waals surface area contributed by atoms with Gasteiger partial charge in [0.05, 0.1) is 17.6 Å². The Morgan fingerprint density at radius 2 is 1.73 bits per heavy atom. The van der Waals surface area contributed by atoms with E-state index in [2.05, 4.69) is 40.7 Å². The molecule has 3 rings (SSSR count). The Morgan fingerprint density at radius 3 is 2.50 bits per heavy atom. The van der Waals surface area contributed by atoms with Gasteiger partial charge in [0, 0.05) is 16.4 Å². The van der Waals surface area contributed by atoms with Crippen LogP contribution in [0.2, 0.25) is 5.02 Å². The van der Waals surface area contributed by atoms with Crippen LogP contribution in [0.5, 0.6) is 0 Å². The summed E-state index contributed by atoms with van der Waals surface area (Å²) in [5, 5.41) is 0.701. The number of halogens is 1. The molecule has 0 radical (unpaired) electrons. The summed E-state index contributed by atoms with van der Waals surface area (Å²) in [6.45, 7) is 4.12. The van der Waals surface area contributed by atoms with E-state index in [0.717, 1.165) is 22.6 Å². The fraction of sp³-hybridized carbons (Fsp3) is 0.105. The van der Waals surface area contributed by atoms with Crippen LogP contribution in [0.3, 0.4) is 0 Å². The van der Waals surface area contributed by atoms with Crippen molar-refractivity contribution in [3.63, 3.8) is 0 Å². The van der Waals surface area contributed by atoms with Gasteiger partial charge in [0.1, 0.15) is 0 Å². The molecule has 0 aliphatic rings. The Morgan fingerprint density at radius 1 is 0.955 bits per heavy atom. The molecule has 0 N–H and O–H groups in total. The molecular formula is C19H17ClN2. The van der Waals surface area contributed by atoms with Gasteiger partial charge in [-0.2, -0.15) is 0 Å². The van der Waals surface area contributed by atoms with Crippen molar-refractivity contribution in [2.75, 3.05) is 0 Å². The summed E-state index contributed by atoms with van der Waals surface area (Å²) in [4.78, 5) is 4.61. The van der Waals surface area contributed by atoms with Crippen LogP contribution in [-0.2, 0) is 0 Å². The maximum atomic E-state index is 6.05. The number of aryl methyl sites for hydroxylation is 2. The fourth-order valence-electron chi connectivity index (χ4n) is 2.45. The molecule has 0 fully saturated rings. The van der Waals surface area contributed by atoms with Gasteiger partial charge in [-0.15, -0.1) is 0 Å². The second-order valence-corrected chi connectivity index (χ2v) is 5.70. The molecule has 0 unspecified atom stereocenters. The molecule has 1 aromatic heterocycles. The molecule has 0 atom stereocenters. The number of hydrogen-bond donors (Lipinski definition) is 0. The first kappa shape index (κ1) is 14.6. The van der Waals surface area contributed by atoms with Gasteiger partial charge in [0.15, 0.2) is 0 Å². The molecule has 0 saturated heterocycles. The van der Waals surface area contributed by atoms with E-state index >= 15 is 0 Å². The normalized spacial score (nSPS) is 11.2. The standard InChI is InChI=1S/C19H17ClN2/c1-14-8-10-16(20)12-19(14)21-13-18-11-9-15(2)22(18)17-6-4-3-5-7-17/h3-13H,1-2H3. The van der Waals surface area contributed by atoms with Crippen molar-refractivity contribution >= 4 is 23.5 Å². The molecule has 0 bridgehead atoms. The number of aliphatic imine (C=N–C) groups is 1. The zero-order chi connectivity index (χ0) is 15.5. The largest absolute Gasteiger partial charge is 0.313 e. The molecule has 22 heavy (non-hydrogen) atoms. The predicted molar refractivity (Wildman–Crippen MR) is 93.9 cm³/mol. The fourth-order valence-corrected chi connectivity index (χ4v) is 2.61. The van der Waals surface area contributed by atoms with Crippen LogP contribution in [0.4, 0.5) is 5.69 Å². The Bertz CT molecular complexity index is 817. The van der Waals surface area contributed by atoms with Crippen LogP contribution in [0.25, 0.3) is 5.69 Å². The van der Waals surface area contributed by atoms with Gasteiger partial charge < -0.3 is 4.57 Å². The van der Waals surface area contributed by atoms with Gasteiger partial charge in [0.2, 0.25) is 0 Å². The van der Waals surface area contributed by atoms with E-state index in [-0.39, 0.29) is 0 Å². The molecule has 0 amide bonds. The van der Waals surface area contributed by atoms with Crippen LogP contribution in [-0.4, -0.2) is 10.8 Å². The lowest BCUT2D eigenvalue weighted by Gasteiger charge is -2.09. The zero-order valence-corrected chi connectivity index (χ0v) is 13.4. The van der Waals surface area contributed by atoms with Crippen LogP contribution in [0, 0.1) is 13.8 Å². The molecule has 2 aromatic carbocycles. The van der Waals surface area contributed by atoms with E-state index in [9.17, 15) is 0 Å². The number of aromatic nitrogens is 1. The molecular weight excluding hydrogens is 292 g/mol. The second-order valence-electron chi connectivity index (χ2n) is 5.26. The quantitative estimate of drug-likeness (QED) is 0.569. The number of nitrogens with zero attached hydrogens (tertiary/aromatic N) is 2. The van der Waals surface area contributed by atoms with Crippen molar-refractivity contribution in [2.45, 2.75) is 13.8 Å². The third-order valence-corrected chi connectivity index (χ3v) is 3.86. The monoisotopic (exact) mass is 308 g/mol. The van der Waals surface area contributed by atoms with Gasteiger partial charge in [-0.3, -0.25) is 4.99 Å². The van der Waals surface area contributed by atoms with Gasteiger partial charge in [0.25, 0.3) is 0 Å². The summed E-state index contributed by atoms with van der Waals surface area (Å²) >= 11 is 6.05. The summed E-state index contributed by atoms with van der Waals surface area (Å²) in [7, 11) is 0. The lowest BCUT2D eigenvalue weighted by Crippen LogP contribution is -2.00. The molecule has 1 heterocycles. The molecule has 2 nitrogen and oxygen atoms in total. The highest BCUT2D eigenvalue weighted by atomic mass is 35.5. The minimum Gasteiger partial charge on any atom is -0.313 e. The van der Waals surface area contributed by atoms with Crippen LogP contribution < -0.4 is 0 Å². The predicted octanol–water partition coefficient (Wildman–Crippen LogP) is 5.50. The maximum Gasteiger partial charge on any atom is 0.0674 e. The third-order valence-electron chi connectivity index (χ3n) is 3.63. The molecule has 3 heteroatoms. The number of hydrogen-bond acceptors (Lipinski definition) is 1.